The summed E-state index contributed by atoms with van der Waals surface area (Å²) in [7, 11) is 1.73. The normalized spacial score (nSPS) is 11.0. The first-order chi connectivity index (χ1) is 18.2. The van der Waals surface area contributed by atoms with E-state index in [1.165, 1.54) is 44.6 Å². The van der Waals surface area contributed by atoms with Crippen LogP contribution in [0.15, 0.2) is 65.6 Å². The molecule has 0 spiro atoms. The minimum Gasteiger partial charge on any atom is -0.493 e. The highest BCUT2D eigenvalue weighted by Crippen LogP contribution is 2.32. The Hall–Kier alpha value is -3.99. The molecule has 11 heteroatoms. The number of carbonyl (C=O) groups is 1. The Bertz CT molecular complexity index is 1350. The molecule has 0 radical (unpaired) electrons. The SMILES string of the molecule is COc1ccc(CCCNC(=O)CN(c2ccc(F)cc2)S(=O)(=O)c2ccc(OC)c(OC)c2)cc1OC. The molecule has 0 aliphatic heterocycles. The van der Waals surface area contributed by atoms with Crippen LogP contribution in [0.3, 0.4) is 0 Å². The van der Waals surface area contributed by atoms with Gasteiger partial charge in [-0.2, -0.15) is 0 Å². The summed E-state index contributed by atoms with van der Waals surface area (Å²) >= 11 is 0. The van der Waals surface area contributed by atoms with Gasteiger partial charge in [0.1, 0.15) is 12.4 Å². The van der Waals surface area contributed by atoms with Crippen molar-refractivity contribution in [2.75, 3.05) is 45.8 Å². The molecule has 0 fully saturated rings. The Labute approximate surface area is 222 Å². The molecule has 204 valence electrons. The van der Waals surface area contributed by atoms with Gasteiger partial charge in [0, 0.05) is 12.6 Å². The van der Waals surface area contributed by atoms with Crippen molar-refractivity contribution in [2.24, 2.45) is 0 Å². The highest BCUT2D eigenvalue weighted by atomic mass is 32.2. The van der Waals surface area contributed by atoms with Crippen LogP contribution in [-0.4, -0.2) is 55.9 Å². The molecule has 0 aliphatic carbocycles. The average molecular weight is 547 g/mol. The van der Waals surface area contributed by atoms with Crippen molar-refractivity contribution in [1.29, 1.82) is 0 Å². The molecule has 3 aromatic carbocycles. The van der Waals surface area contributed by atoms with Gasteiger partial charge in [-0.3, -0.25) is 9.10 Å². The molecule has 0 aliphatic rings. The fourth-order valence-corrected chi connectivity index (χ4v) is 5.21. The topological polar surface area (TPSA) is 103 Å². The number of rotatable bonds is 13. The molecule has 38 heavy (non-hydrogen) atoms. The third-order valence-corrected chi connectivity index (χ3v) is 7.53. The van der Waals surface area contributed by atoms with E-state index in [2.05, 4.69) is 5.32 Å². The van der Waals surface area contributed by atoms with E-state index in [-0.39, 0.29) is 16.3 Å². The minimum atomic E-state index is -4.22. The summed E-state index contributed by atoms with van der Waals surface area (Å²) in [6.45, 7) is -0.181. The van der Waals surface area contributed by atoms with Crippen LogP contribution in [0.25, 0.3) is 0 Å². The number of hydrogen-bond acceptors (Lipinski definition) is 7. The Morgan fingerprint density at radius 2 is 1.39 bits per heavy atom. The van der Waals surface area contributed by atoms with Gasteiger partial charge in [0.25, 0.3) is 10.0 Å². The third kappa shape index (κ3) is 6.86. The summed E-state index contributed by atoms with van der Waals surface area (Å²) in [5.41, 5.74) is 1.14. The Morgan fingerprint density at radius 3 is 2.00 bits per heavy atom. The minimum absolute atomic E-state index is 0.110. The molecule has 0 aromatic heterocycles. The summed E-state index contributed by atoms with van der Waals surface area (Å²) in [6, 6.07) is 14.6. The molecular weight excluding hydrogens is 515 g/mol. The molecule has 9 nitrogen and oxygen atoms in total. The van der Waals surface area contributed by atoms with Crippen LogP contribution < -0.4 is 28.6 Å². The molecule has 0 saturated heterocycles. The molecule has 0 atom stereocenters. The summed E-state index contributed by atoms with van der Waals surface area (Å²) in [5.74, 6) is 0.771. The molecule has 1 amide bonds. The van der Waals surface area contributed by atoms with Crippen LogP contribution in [0.5, 0.6) is 23.0 Å². The molecule has 3 rings (SSSR count). The molecule has 0 unspecified atom stereocenters. The van der Waals surface area contributed by atoms with E-state index in [0.29, 0.717) is 36.6 Å². The molecule has 1 N–H and O–H groups in total. The first-order valence-corrected chi connectivity index (χ1v) is 13.2. The largest absolute Gasteiger partial charge is 0.493 e. The highest BCUT2D eigenvalue weighted by molar-refractivity contribution is 7.92. The number of sulfonamides is 1. The number of benzene rings is 3. The lowest BCUT2D eigenvalue weighted by atomic mass is 10.1. The van der Waals surface area contributed by atoms with Crippen molar-refractivity contribution >= 4 is 21.6 Å². The lowest BCUT2D eigenvalue weighted by molar-refractivity contribution is -0.119. The first-order valence-electron chi connectivity index (χ1n) is 11.7. The predicted molar refractivity (Wildman–Crippen MR) is 141 cm³/mol. The molecular formula is C27H31FN2O7S. The van der Waals surface area contributed by atoms with Crippen molar-refractivity contribution in [1.82, 2.24) is 5.32 Å². The van der Waals surface area contributed by atoms with Crippen molar-refractivity contribution in [3.63, 3.8) is 0 Å². The van der Waals surface area contributed by atoms with Crippen LogP contribution in [0, 0.1) is 5.82 Å². The maximum atomic E-state index is 13.6. The standard InChI is InChI=1S/C27H31FN2O7S/c1-34-23-13-7-19(16-25(23)36-3)6-5-15-29-27(31)18-30(21-10-8-20(28)9-11-21)38(32,33)22-12-14-24(35-2)26(17-22)37-4/h7-14,16-17H,5-6,15,18H2,1-4H3,(H,29,31). The number of amides is 1. The smallest absolute Gasteiger partial charge is 0.264 e. The zero-order valence-corrected chi connectivity index (χ0v) is 22.5. The van der Waals surface area contributed by atoms with E-state index < -0.39 is 28.3 Å². The van der Waals surface area contributed by atoms with E-state index in [4.69, 9.17) is 18.9 Å². The van der Waals surface area contributed by atoms with Gasteiger partial charge in [0.15, 0.2) is 23.0 Å². The number of ether oxygens (including phenoxy) is 4. The lowest BCUT2D eigenvalue weighted by Gasteiger charge is -2.24. The van der Waals surface area contributed by atoms with E-state index in [0.717, 1.165) is 22.0 Å². The van der Waals surface area contributed by atoms with Crippen molar-refractivity contribution in [3.05, 3.63) is 72.0 Å². The molecule has 0 heterocycles. The van der Waals surface area contributed by atoms with Gasteiger partial charge in [0.2, 0.25) is 5.91 Å². The second-order valence-electron chi connectivity index (χ2n) is 8.15. The van der Waals surface area contributed by atoms with Gasteiger partial charge >= 0.3 is 0 Å². The highest BCUT2D eigenvalue weighted by Gasteiger charge is 2.28. The lowest BCUT2D eigenvalue weighted by Crippen LogP contribution is -2.41. The molecule has 0 saturated carbocycles. The van der Waals surface area contributed by atoms with Gasteiger partial charge in [0.05, 0.1) is 39.0 Å². The number of nitrogens with zero attached hydrogens (tertiary/aromatic N) is 1. The van der Waals surface area contributed by atoms with Crippen molar-refractivity contribution in [3.8, 4) is 23.0 Å². The van der Waals surface area contributed by atoms with Crippen LogP contribution >= 0.6 is 0 Å². The quantitative estimate of drug-likeness (QED) is 0.325. The van der Waals surface area contributed by atoms with E-state index in [9.17, 15) is 17.6 Å². The van der Waals surface area contributed by atoms with E-state index in [1.807, 2.05) is 18.2 Å². The summed E-state index contributed by atoms with van der Waals surface area (Å²) < 4.78 is 62.6. The van der Waals surface area contributed by atoms with Gasteiger partial charge in [-0.25, -0.2) is 12.8 Å². The van der Waals surface area contributed by atoms with Crippen molar-refractivity contribution < 1.29 is 36.6 Å². The van der Waals surface area contributed by atoms with Crippen LogP contribution in [0.4, 0.5) is 10.1 Å². The van der Waals surface area contributed by atoms with Crippen LogP contribution in [0.1, 0.15) is 12.0 Å². The van der Waals surface area contributed by atoms with Crippen molar-refractivity contribution in [2.45, 2.75) is 17.7 Å². The summed E-state index contributed by atoms with van der Waals surface area (Å²) in [6.07, 6.45) is 1.27. The Morgan fingerprint density at radius 1 is 0.816 bits per heavy atom. The average Bonchev–Trinajstić information content (AvgIpc) is 2.93. The Balaban J connectivity index is 1.73. The second-order valence-corrected chi connectivity index (χ2v) is 10.0. The number of nitrogens with one attached hydrogen (secondary N) is 1. The first kappa shape index (κ1) is 28.6. The van der Waals surface area contributed by atoms with Crippen LogP contribution in [-0.2, 0) is 21.2 Å². The van der Waals surface area contributed by atoms with E-state index >= 15 is 0 Å². The van der Waals surface area contributed by atoms with Gasteiger partial charge in [-0.05, 0) is 66.9 Å². The zero-order chi connectivity index (χ0) is 27.7. The number of anilines is 1. The van der Waals surface area contributed by atoms with E-state index in [1.54, 1.807) is 14.2 Å². The predicted octanol–water partition coefficient (Wildman–Crippen LogP) is 3.80. The number of halogens is 1. The molecule has 3 aromatic rings. The zero-order valence-electron chi connectivity index (χ0n) is 21.7. The maximum absolute atomic E-state index is 13.6. The van der Waals surface area contributed by atoms with Gasteiger partial charge in [-0.1, -0.05) is 6.07 Å². The summed E-state index contributed by atoms with van der Waals surface area (Å²) in [5, 5.41) is 2.76. The monoisotopic (exact) mass is 546 g/mol. The maximum Gasteiger partial charge on any atom is 0.264 e. The fraction of sp³-hybridized carbons (Fsp3) is 0.296. The number of methoxy groups -OCH3 is 4. The van der Waals surface area contributed by atoms with Gasteiger partial charge in [-0.15, -0.1) is 0 Å². The Kier molecular flexibility index (Phi) is 9.78. The number of aryl methyl sites for hydroxylation is 1. The molecule has 0 bridgehead atoms. The van der Waals surface area contributed by atoms with Crippen LogP contribution in [0.2, 0.25) is 0 Å². The second kappa shape index (κ2) is 13.0. The van der Waals surface area contributed by atoms with Gasteiger partial charge < -0.3 is 24.3 Å². The number of hydrogen-bond donors (Lipinski definition) is 1. The summed E-state index contributed by atoms with van der Waals surface area (Å²) in [4.78, 5) is 12.7. The third-order valence-electron chi connectivity index (χ3n) is 5.76. The fourth-order valence-electron chi connectivity index (χ4n) is 3.77. The number of carbonyl (C=O) groups excluding carboxylic acids is 1.